The van der Waals surface area contributed by atoms with Crippen LogP contribution in [0.15, 0.2) is 42.9 Å². The van der Waals surface area contributed by atoms with Gasteiger partial charge in [-0.15, -0.1) is 0 Å². The number of carbonyl (C=O) groups is 2. The van der Waals surface area contributed by atoms with Crippen molar-refractivity contribution in [1.82, 2.24) is 19.8 Å². The van der Waals surface area contributed by atoms with Crippen LogP contribution in [-0.2, 0) is 11.3 Å². The second kappa shape index (κ2) is 6.11. The van der Waals surface area contributed by atoms with Gasteiger partial charge in [0, 0.05) is 44.8 Å². The van der Waals surface area contributed by atoms with E-state index in [0.717, 1.165) is 18.5 Å². The predicted octanol–water partition coefficient (Wildman–Crippen LogP) is 1.53. The molecule has 24 heavy (non-hydrogen) atoms. The van der Waals surface area contributed by atoms with Crippen molar-refractivity contribution in [2.45, 2.75) is 13.0 Å². The topological polar surface area (TPSA) is 69.3 Å². The minimum absolute atomic E-state index is 0.0112. The maximum absolute atomic E-state index is 12.8. The van der Waals surface area contributed by atoms with E-state index in [1.54, 1.807) is 24.7 Å². The van der Waals surface area contributed by atoms with Crippen LogP contribution in [0.3, 0.4) is 0 Å². The van der Waals surface area contributed by atoms with Gasteiger partial charge in [-0.2, -0.15) is 0 Å². The Morgan fingerprint density at radius 2 is 2.08 bits per heavy atom. The summed E-state index contributed by atoms with van der Waals surface area (Å²) in [5.74, 6) is 0.373. The van der Waals surface area contributed by atoms with Crippen molar-refractivity contribution in [2.75, 3.05) is 19.6 Å². The number of pyridine rings is 1. The molecule has 0 aromatic carbocycles. The zero-order valence-corrected chi connectivity index (χ0v) is 13.4. The molecule has 6 nitrogen and oxygen atoms in total. The first-order chi connectivity index (χ1) is 11.7. The van der Waals surface area contributed by atoms with Crippen molar-refractivity contribution >= 4 is 11.8 Å². The third-order valence-electron chi connectivity index (χ3n) is 5.08. The van der Waals surface area contributed by atoms with Crippen LogP contribution in [0.1, 0.15) is 22.5 Å². The average molecular weight is 324 g/mol. The van der Waals surface area contributed by atoms with Gasteiger partial charge >= 0.3 is 0 Å². The molecule has 0 unspecified atom stereocenters. The zero-order valence-electron chi connectivity index (χ0n) is 13.4. The lowest BCUT2D eigenvalue weighted by atomic mass is 9.88. The number of hydrogen-bond acceptors (Lipinski definition) is 3. The van der Waals surface area contributed by atoms with Crippen LogP contribution in [0.5, 0.6) is 0 Å². The van der Waals surface area contributed by atoms with E-state index in [4.69, 9.17) is 0 Å². The number of aromatic amines is 1. The Balaban J connectivity index is 1.44. The van der Waals surface area contributed by atoms with E-state index in [1.165, 1.54) is 0 Å². The SMILES string of the molecule is O=C(c1ccc[nH]1)N1C[C@@H]2CCN(Cc3ccncc3)C(=O)[C@H]2C1. The van der Waals surface area contributed by atoms with E-state index in [1.807, 2.05) is 28.0 Å². The number of likely N-dealkylation sites (tertiary alicyclic amines) is 2. The lowest BCUT2D eigenvalue weighted by molar-refractivity contribution is -0.140. The Labute approximate surface area is 140 Å². The number of carbonyl (C=O) groups excluding carboxylic acids is 2. The molecule has 0 spiro atoms. The van der Waals surface area contributed by atoms with E-state index in [2.05, 4.69) is 9.97 Å². The summed E-state index contributed by atoms with van der Waals surface area (Å²) in [5, 5.41) is 0. The molecular weight excluding hydrogens is 304 g/mol. The molecule has 4 heterocycles. The molecule has 1 N–H and O–H groups in total. The van der Waals surface area contributed by atoms with Crippen LogP contribution in [0.25, 0.3) is 0 Å². The van der Waals surface area contributed by atoms with Crippen LogP contribution >= 0.6 is 0 Å². The van der Waals surface area contributed by atoms with E-state index in [9.17, 15) is 9.59 Å². The smallest absolute Gasteiger partial charge is 0.270 e. The first kappa shape index (κ1) is 14.9. The van der Waals surface area contributed by atoms with Crippen LogP contribution in [0.2, 0.25) is 0 Å². The highest BCUT2D eigenvalue weighted by atomic mass is 16.2. The minimum Gasteiger partial charge on any atom is -0.357 e. The van der Waals surface area contributed by atoms with Crippen molar-refractivity contribution in [3.63, 3.8) is 0 Å². The van der Waals surface area contributed by atoms with Gasteiger partial charge in [0.25, 0.3) is 5.91 Å². The molecular formula is C18H20N4O2. The quantitative estimate of drug-likeness (QED) is 0.931. The number of H-pyrrole nitrogens is 1. The maximum Gasteiger partial charge on any atom is 0.270 e. The van der Waals surface area contributed by atoms with Crippen LogP contribution < -0.4 is 0 Å². The van der Waals surface area contributed by atoms with Crippen molar-refractivity contribution in [3.05, 3.63) is 54.1 Å². The lowest BCUT2D eigenvalue weighted by Gasteiger charge is -2.33. The molecule has 4 rings (SSSR count). The normalized spacial score (nSPS) is 23.4. The second-order valence-electron chi connectivity index (χ2n) is 6.56. The Morgan fingerprint density at radius 1 is 1.25 bits per heavy atom. The van der Waals surface area contributed by atoms with Gasteiger partial charge in [0.2, 0.25) is 5.91 Å². The number of amides is 2. The zero-order chi connectivity index (χ0) is 16.5. The molecule has 6 heteroatoms. The van der Waals surface area contributed by atoms with Crippen LogP contribution in [-0.4, -0.2) is 51.2 Å². The Hall–Kier alpha value is -2.63. The molecule has 0 bridgehead atoms. The number of nitrogens with one attached hydrogen (secondary N) is 1. The summed E-state index contributed by atoms with van der Waals surface area (Å²) < 4.78 is 0. The molecule has 2 atom stereocenters. The first-order valence-electron chi connectivity index (χ1n) is 8.33. The number of aromatic nitrogens is 2. The molecule has 2 aromatic heterocycles. The fraction of sp³-hybridized carbons (Fsp3) is 0.389. The molecule has 2 aromatic rings. The lowest BCUT2D eigenvalue weighted by Crippen LogP contribution is -2.44. The third kappa shape index (κ3) is 2.68. The fourth-order valence-corrected chi connectivity index (χ4v) is 3.78. The highest BCUT2D eigenvalue weighted by Gasteiger charge is 2.44. The molecule has 2 aliphatic rings. The van der Waals surface area contributed by atoms with E-state index in [0.29, 0.717) is 25.3 Å². The second-order valence-corrected chi connectivity index (χ2v) is 6.56. The summed E-state index contributed by atoms with van der Waals surface area (Å²) in [6.07, 6.45) is 6.20. The van der Waals surface area contributed by atoms with Crippen LogP contribution in [0.4, 0.5) is 0 Å². The highest BCUT2D eigenvalue weighted by Crippen LogP contribution is 2.33. The summed E-state index contributed by atoms with van der Waals surface area (Å²) in [7, 11) is 0. The fourth-order valence-electron chi connectivity index (χ4n) is 3.78. The number of rotatable bonds is 3. The molecule has 0 saturated carbocycles. The Bertz CT molecular complexity index is 729. The van der Waals surface area contributed by atoms with E-state index < -0.39 is 0 Å². The average Bonchev–Trinajstić information content (AvgIpc) is 3.27. The van der Waals surface area contributed by atoms with Crippen molar-refractivity contribution in [2.24, 2.45) is 11.8 Å². The molecule has 2 aliphatic heterocycles. The number of piperidine rings is 1. The van der Waals surface area contributed by atoms with Gasteiger partial charge in [-0.3, -0.25) is 14.6 Å². The van der Waals surface area contributed by atoms with Gasteiger partial charge in [-0.1, -0.05) is 0 Å². The summed E-state index contributed by atoms with van der Waals surface area (Å²) in [6, 6.07) is 7.48. The minimum atomic E-state index is -0.0699. The van der Waals surface area contributed by atoms with Gasteiger partial charge in [0.1, 0.15) is 5.69 Å². The predicted molar refractivity (Wildman–Crippen MR) is 87.9 cm³/mol. The molecule has 0 radical (unpaired) electrons. The largest absolute Gasteiger partial charge is 0.357 e. The molecule has 124 valence electrons. The van der Waals surface area contributed by atoms with Gasteiger partial charge in [0.15, 0.2) is 0 Å². The first-order valence-corrected chi connectivity index (χ1v) is 8.33. The van der Waals surface area contributed by atoms with Gasteiger partial charge in [-0.05, 0) is 42.2 Å². The van der Waals surface area contributed by atoms with Crippen molar-refractivity contribution < 1.29 is 9.59 Å². The summed E-state index contributed by atoms with van der Waals surface area (Å²) >= 11 is 0. The molecule has 2 fully saturated rings. The summed E-state index contributed by atoms with van der Waals surface area (Å²) in [6.45, 7) is 2.58. The maximum atomic E-state index is 12.8. The summed E-state index contributed by atoms with van der Waals surface area (Å²) in [4.78, 5) is 36.0. The highest BCUT2D eigenvalue weighted by molar-refractivity contribution is 5.93. The molecule has 2 saturated heterocycles. The van der Waals surface area contributed by atoms with E-state index in [-0.39, 0.29) is 23.7 Å². The number of nitrogens with zero attached hydrogens (tertiary/aromatic N) is 3. The number of hydrogen-bond donors (Lipinski definition) is 1. The Kier molecular flexibility index (Phi) is 3.80. The van der Waals surface area contributed by atoms with Crippen molar-refractivity contribution in [1.29, 1.82) is 0 Å². The van der Waals surface area contributed by atoms with Crippen LogP contribution in [0, 0.1) is 11.8 Å². The van der Waals surface area contributed by atoms with E-state index >= 15 is 0 Å². The standard InChI is InChI=1S/C18H20N4O2/c23-17-15-12-22(18(24)16-2-1-6-20-16)11-14(15)5-9-21(17)10-13-3-7-19-8-4-13/h1-4,6-8,14-15,20H,5,9-12H2/t14-,15-/m0/s1. The monoisotopic (exact) mass is 324 g/mol. The molecule has 0 aliphatic carbocycles. The Morgan fingerprint density at radius 3 is 2.83 bits per heavy atom. The van der Waals surface area contributed by atoms with Gasteiger partial charge in [0.05, 0.1) is 5.92 Å². The number of fused-ring (bicyclic) bond motifs is 1. The summed E-state index contributed by atoms with van der Waals surface area (Å²) in [5.41, 5.74) is 1.68. The van der Waals surface area contributed by atoms with Crippen molar-refractivity contribution in [3.8, 4) is 0 Å². The third-order valence-corrected chi connectivity index (χ3v) is 5.08. The molecule has 2 amide bonds. The van der Waals surface area contributed by atoms with Gasteiger partial charge in [-0.25, -0.2) is 0 Å². The van der Waals surface area contributed by atoms with Gasteiger partial charge < -0.3 is 14.8 Å².